The molecule has 0 aromatic heterocycles. The molecule has 1 saturated heterocycles. The van der Waals surface area contributed by atoms with Gasteiger partial charge in [-0.15, -0.1) is 0 Å². The first-order valence-corrected chi connectivity index (χ1v) is 9.11. The third-order valence-corrected chi connectivity index (χ3v) is 9.51. The molecule has 0 aromatic carbocycles. The average molecular weight is 210 g/mol. The van der Waals surface area contributed by atoms with Gasteiger partial charge >= 0.3 is 0 Å². The van der Waals surface area contributed by atoms with Crippen LogP contribution < -0.4 is 0 Å². The van der Waals surface area contributed by atoms with Gasteiger partial charge in [-0.2, -0.15) is 0 Å². The van der Waals surface area contributed by atoms with Crippen LogP contribution in [0, 0.1) is 11.8 Å². The number of hydrogen-bond donors (Lipinski definition) is 0. The Bertz CT molecular complexity index is 222. The third-order valence-electron chi connectivity index (χ3n) is 5.02. The molecule has 3 aliphatic rings. The maximum absolute atomic E-state index is 6.24. The summed E-state index contributed by atoms with van der Waals surface area (Å²) in [7, 11) is -1.26. The zero-order chi connectivity index (χ0) is 9.60. The minimum absolute atomic E-state index is 1.04. The van der Waals surface area contributed by atoms with Crippen LogP contribution in [0.5, 0.6) is 0 Å². The molecule has 3 fully saturated rings. The van der Waals surface area contributed by atoms with Gasteiger partial charge in [-0.05, 0) is 49.2 Å². The lowest BCUT2D eigenvalue weighted by molar-refractivity contribution is 0.250. The normalized spacial score (nSPS) is 52.5. The van der Waals surface area contributed by atoms with Gasteiger partial charge < -0.3 is 4.43 Å². The Labute approximate surface area is 88.4 Å². The Morgan fingerprint density at radius 1 is 1.14 bits per heavy atom. The number of fused-ring (bicyclic) bond motifs is 2. The first kappa shape index (κ1) is 9.41. The van der Waals surface area contributed by atoms with Crippen molar-refractivity contribution in [3.8, 4) is 0 Å². The van der Waals surface area contributed by atoms with Gasteiger partial charge in [0.05, 0.1) is 0 Å². The summed E-state index contributed by atoms with van der Waals surface area (Å²) in [5.41, 5.74) is 1.04. The van der Waals surface area contributed by atoms with Crippen LogP contribution in [0.25, 0.3) is 0 Å². The van der Waals surface area contributed by atoms with Crippen LogP contribution in [0.1, 0.15) is 38.5 Å². The van der Waals surface area contributed by atoms with E-state index >= 15 is 0 Å². The fraction of sp³-hybridized carbons (Fsp3) is 1.00. The van der Waals surface area contributed by atoms with Gasteiger partial charge in [0.25, 0.3) is 0 Å². The van der Waals surface area contributed by atoms with Crippen molar-refractivity contribution < 1.29 is 4.43 Å². The molecule has 0 spiro atoms. The molecule has 4 unspecified atom stereocenters. The summed E-state index contributed by atoms with van der Waals surface area (Å²) >= 11 is 0. The molecule has 2 heteroatoms. The molecule has 1 nitrogen and oxygen atoms in total. The minimum atomic E-state index is -1.26. The molecule has 0 aromatic rings. The molecule has 2 aliphatic carbocycles. The smallest absolute Gasteiger partial charge is 0.193 e. The van der Waals surface area contributed by atoms with Crippen molar-refractivity contribution in [2.75, 3.05) is 6.61 Å². The molecule has 0 N–H and O–H groups in total. The van der Waals surface area contributed by atoms with Gasteiger partial charge in [-0.3, -0.25) is 0 Å². The molecule has 1 aliphatic heterocycles. The van der Waals surface area contributed by atoms with Gasteiger partial charge in [-0.25, -0.2) is 0 Å². The van der Waals surface area contributed by atoms with E-state index in [2.05, 4.69) is 6.55 Å². The van der Waals surface area contributed by atoms with Crippen LogP contribution in [-0.4, -0.2) is 14.9 Å². The Balaban J connectivity index is 1.74. The molecule has 3 rings (SSSR count). The Hall–Kier alpha value is 0.177. The van der Waals surface area contributed by atoms with Crippen LogP contribution in [0.3, 0.4) is 0 Å². The van der Waals surface area contributed by atoms with E-state index < -0.39 is 8.32 Å². The topological polar surface area (TPSA) is 9.23 Å². The fourth-order valence-electron chi connectivity index (χ4n) is 4.24. The van der Waals surface area contributed by atoms with Crippen molar-refractivity contribution in [2.45, 2.75) is 56.7 Å². The molecule has 0 amide bonds. The fourth-order valence-corrected chi connectivity index (χ4v) is 8.66. The van der Waals surface area contributed by atoms with Crippen LogP contribution in [0.15, 0.2) is 0 Å². The van der Waals surface area contributed by atoms with Gasteiger partial charge in [0.1, 0.15) is 0 Å². The molecule has 1 heterocycles. The van der Waals surface area contributed by atoms with E-state index in [1.807, 2.05) is 0 Å². The lowest BCUT2D eigenvalue weighted by Gasteiger charge is -2.40. The minimum Gasteiger partial charge on any atom is -0.417 e. The van der Waals surface area contributed by atoms with E-state index in [0.29, 0.717) is 0 Å². The Kier molecular flexibility index (Phi) is 2.25. The summed E-state index contributed by atoms with van der Waals surface area (Å²) in [5.74, 6) is 2.18. The first-order chi connectivity index (χ1) is 6.78. The highest BCUT2D eigenvalue weighted by Gasteiger charge is 2.51. The van der Waals surface area contributed by atoms with E-state index in [-0.39, 0.29) is 0 Å². The predicted octanol–water partition coefficient (Wildman–Crippen LogP) is 3.56. The summed E-state index contributed by atoms with van der Waals surface area (Å²) in [6, 6.07) is 1.46. The van der Waals surface area contributed by atoms with Crippen LogP contribution in [-0.2, 0) is 4.43 Å². The lowest BCUT2D eigenvalue weighted by atomic mass is 10.0. The Morgan fingerprint density at radius 3 is 2.64 bits per heavy atom. The van der Waals surface area contributed by atoms with Crippen molar-refractivity contribution in [3.63, 3.8) is 0 Å². The molecule has 80 valence electrons. The van der Waals surface area contributed by atoms with Crippen LogP contribution in [0.2, 0.25) is 18.1 Å². The number of hydrogen-bond acceptors (Lipinski definition) is 1. The summed E-state index contributed by atoms with van der Waals surface area (Å²) in [6.45, 7) is 3.61. The van der Waals surface area contributed by atoms with Crippen LogP contribution >= 0.6 is 0 Å². The van der Waals surface area contributed by atoms with Crippen molar-refractivity contribution in [3.05, 3.63) is 0 Å². The number of rotatable bonds is 1. The highest BCUT2D eigenvalue weighted by Crippen LogP contribution is 2.57. The summed E-state index contributed by atoms with van der Waals surface area (Å²) in [4.78, 5) is 0. The summed E-state index contributed by atoms with van der Waals surface area (Å²) in [6.07, 6.45) is 8.93. The quantitative estimate of drug-likeness (QED) is 0.601. The zero-order valence-corrected chi connectivity index (χ0v) is 10.3. The van der Waals surface area contributed by atoms with Crippen molar-refractivity contribution in [1.29, 1.82) is 0 Å². The van der Waals surface area contributed by atoms with E-state index in [1.165, 1.54) is 38.1 Å². The van der Waals surface area contributed by atoms with Crippen molar-refractivity contribution in [1.82, 2.24) is 0 Å². The molecule has 4 atom stereocenters. The first-order valence-electron chi connectivity index (χ1n) is 6.42. The second-order valence-corrected chi connectivity index (χ2v) is 10.1. The molecular weight excluding hydrogens is 188 g/mol. The maximum Gasteiger partial charge on any atom is 0.193 e. The average Bonchev–Trinajstić information content (AvgIpc) is 2.80. The van der Waals surface area contributed by atoms with E-state index in [0.717, 1.165) is 24.0 Å². The van der Waals surface area contributed by atoms with E-state index in [4.69, 9.17) is 4.43 Å². The van der Waals surface area contributed by atoms with Gasteiger partial charge in [-0.1, -0.05) is 19.3 Å². The standard InChI is InChI=1S/C12H22OSi/c1-14(7-3-2-6-13-14)12-9-10-4-5-11(12)8-10/h10-12H,2-9H2,1H3. The van der Waals surface area contributed by atoms with Gasteiger partial charge in [0, 0.05) is 6.61 Å². The van der Waals surface area contributed by atoms with E-state index in [9.17, 15) is 0 Å². The van der Waals surface area contributed by atoms with Gasteiger partial charge in [0.2, 0.25) is 0 Å². The Morgan fingerprint density at radius 2 is 2.07 bits per heavy atom. The largest absolute Gasteiger partial charge is 0.417 e. The third kappa shape index (κ3) is 1.38. The summed E-state index contributed by atoms with van der Waals surface area (Å²) < 4.78 is 6.24. The zero-order valence-electron chi connectivity index (χ0n) is 9.30. The molecule has 2 bridgehead atoms. The van der Waals surface area contributed by atoms with Crippen molar-refractivity contribution >= 4 is 8.32 Å². The molecular formula is C12H22OSi. The second kappa shape index (κ2) is 3.34. The second-order valence-electron chi connectivity index (χ2n) is 5.90. The maximum atomic E-state index is 6.24. The molecule has 0 radical (unpaired) electrons. The molecule has 2 saturated carbocycles. The monoisotopic (exact) mass is 210 g/mol. The van der Waals surface area contributed by atoms with Gasteiger partial charge in [0.15, 0.2) is 8.32 Å². The van der Waals surface area contributed by atoms with E-state index in [1.54, 1.807) is 6.42 Å². The highest BCUT2D eigenvalue weighted by atomic mass is 28.4. The van der Waals surface area contributed by atoms with Crippen LogP contribution in [0.4, 0.5) is 0 Å². The highest BCUT2D eigenvalue weighted by molar-refractivity contribution is 6.74. The lowest BCUT2D eigenvalue weighted by Crippen LogP contribution is -2.44. The predicted molar refractivity (Wildman–Crippen MR) is 60.8 cm³/mol. The van der Waals surface area contributed by atoms with Crippen molar-refractivity contribution in [2.24, 2.45) is 11.8 Å². The SMILES string of the molecule is C[Si]1(C2CC3CCC2C3)CCCCO1. The molecule has 14 heavy (non-hydrogen) atoms. The summed E-state index contributed by atoms with van der Waals surface area (Å²) in [5, 5.41) is 0.